The van der Waals surface area contributed by atoms with Crippen LogP contribution in [0.15, 0.2) is 12.7 Å². The second-order valence-corrected chi connectivity index (χ2v) is 3.25. The summed E-state index contributed by atoms with van der Waals surface area (Å²) in [5, 5.41) is 18.9. The molecule has 92 valence electrons. The minimum Gasteiger partial charge on any atom is -0.481 e. The highest BCUT2D eigenvalue weighted by molar-refractivity contribution is 5.73. The summed E-state index contributed by atoms with van der Waals surface area (Å²) in [6.45, 7) is 5.80. The van der Waals surface area contributed by atoms with Crippen molar-refractivity contribution in [3.63, 3.8) is 0 Å². The Balaban J connectivity index is 4.42. The largest absolute Gasteiger partial charge is 0.481 e. The Bertz CT molecular complexity index is 255. The van der Waals surface area contributed by atoms with Crippen LogP contribution in [-0.4, -0.2) is 46.3 Å². The standard InChI is InChI=1S/C10H18N2O4/c1-3-6-11-12(7-5-9(13)14)8(4-2)10(15)16/h3,8,11H,1,4-7H2,2H3,(H,13,14)(H,15,16). The van der Waals surface area contributed by atoms with Gasteiger partial charge in [0.15, 0.2) is 0 Å². The quantitative estimate of drug-likeness (QED) is 0.390. The van der Waals surface area contributed by atoms with Gasteiger partial charge in [-0.3, -0.25) is 15.0 Å². The molecule has 1 atom stereocenters. The van der Waals surface area contributed by atoms with Crippen molar-refractivity contribution in [3.05, 3.63) is 12.7 Å². The molecule has 0 saturated heterocycles. The van der Waals surface area contributed by atoms with Crippen molar-refractivity contribution in [1.29, 1.82) is 0 Å². The third-order valence-corrected chi connectivity index (χ3v) is 2.05. The molecule has 6 nitrogen and oxygen atoms in total. The summed E-state index contributed by atoms with van der Waals surface area (Å²) < 4.78 is 0. The second-order valence-electron chi connectivity index (χ2n) is 3.25. The molecule has 1 unspecified atom stereocenters. The fourth-order valence-electron chi connectivity index (χ4n) is 1.27. The third kappa shape index (κ3) is 5.47. The molecule has 0 radical (unpaired) electrons. The second kappa shape index (κ2) is 7.84. The van der Waals surface area contributed by atoms with Gasteiger partial charge in [-0.1, -0.05) is 13.0 Å². The summed E-state index contributed by atoms with van der Waals surface area (Å²) in [6, 6.07) is -0.723. The molecule has 6 heteroatoms. The fourth-order valence-corrected chi connectivity index (χ4v) is 1.27. The predicted octanol–water partition coefficient (Wildman–Crippen LogP) is 0.317. The predicted molar refractivity (Wildman–Crippen MR) is 58.9 cm³/mol. The Morgan fingerprint density at radius 2 is 2.12 bits per heavy atom. The molecule has 16 heavy (non-hydrogen) atoms. The van der Waals surface area contributed by atoms with Crippen molar-refractivity contribution in [2.75, 3.05) is 13.1 Å². The molecule has 0 amide bonds. The molecule has 0 aliphatic heterocycles. The van der Waals surface area contributed by atoms with Crippen molar-refractivity contribution >= 4 is 11.9 Å². The van der Waals surface area contributed by atoms with E-state index < -0.39 is 18.0 Å². The minimum atomic E-state index is -0.968. The van der Waals surface area contributed by atoms with Crippen LogP contribution in [0.25, 0.3) is 0 Å². The molecule has 0 bridgehead atoms. The highest BCUT2D eigenvalue weighted by atomic mass is 16.4. The van der Waals surface area contributed by atoms with Gasteiger partial charge in [-0.25, -0.2) is 5.01 Å². The van der Waals surface area contributed by atoms with E-state index in [2.05, 4.69) is 12.0 Å². The highest BCUT2D eigenvalue weighted by Crippen LogP contribution is 2.03. The molecular weight excluding hydrogens is 212 g/mol. The number of carbonyl (C=O) groups is 2. The van der Waals surface area contributed by atoms with Gasteiger partial charge in [0.25, 0.3) is 0 Å². The summed E-state index contributed by atoms with van der Waals surface area (Å²) in [5.74, 6) is -1.92. The van der Waals surface area contributed by atoms with Gasteiger partial charge in [0, 0.05) is 13.1 Å². The van der Waals surface area contributed by atoms with Crippen LogP contribution in [0.2, 0.25) is 0 Å². The first-order chi connectivity index (χ1) is 7.52. The van der Waals surface area contributed by atoms with E-state index in [0.717, 1.165) is 0 Å². The van der Waals surface area contributed by atoms with Crippen LogP contribution in [0.1, 0.15) is 19.8 Å². The zero-order valence-corrected chi connectivity index (χ0v) is 9.35. The number of nitrogens with zero attached hydrogens (tertiary/aromatic N) is 1. The zero-order chi connectivity index (χ0) is 12.6. The first kappa shape index (κ1) is 14.6. The maximum absolute atomic E-state index is 10.9. The topological polar surface area (TPSA) is 89.9 Å². The Labute approximate surface area is 94.5 Å². The maximum Gasteiger partial charge on any atom is 0.322 e. The van der Waals surface area contributed by atoms with Crippen LogP contribution >= 0.6 is 0 Å². The molecule has 0 spiro atoms. The first-order valence-corrected chi connectivity index (χ1v) is 5.08. The van der Waals surface area contributed by atoms with Gasteiger partial charge in [0.05, 0.1) is 6.42 Å². The van der Waals surface area contributed by atoms with Crippen molar-refractivity contribution in [2.45, 2.75) is 25.8 Å². The Morgan fingerprint density at radius 1 is 1.50 bits per heavy atom. The molecule has 0 fully saturated rings. The molecular formula is C10H18N2O4. The molecule has 0 aromatic rings. The zero-order valence-electron chi connectivity index (χ0n) is 9.35. The lowest BCUT2D eigenvalue weighted by molar-refractivity contribution is -0.146. The van der Waals surface area contributed by atoms with Gasteiger partial charge < -0.3 is 10.2 Å². The maximum atomic E-state index is 10.9. The smallest absolute Gasteiger partial charge is 0.322 e. The lowest BCUT2D eigenvalue weighted by Gasteiger charge is -2.27. The van der Waals surface area contributed by atoms with Gasteiger partial charge in [0.1, 0.15) is 6.04 Å². The van der Waals surface area contributed by atoms with Crippen LogP contribution < -0.4 is 5.43 Å². The summed E-state index contributed by atoms with van der Waals surface area (Å²) in [7, 11) is 0. The minimum absolute atomic E-state index is 0.103. The lowest BCUT2D eigenvalue weighted by Crippen LogP contribution is -2.50. The highest BCUT2D eigenvalue weighted by Gasteiger charge is 2.23. The number of hydrogen-bond donors (Lipinski definition) is 3. The van der Waals surface area contributed by atoms with E-state index >= 15 is 0 Å². The summed E-state index contributed by atoms with van der Waals surface area (Å²) >= 11 is 0. The van der Waals surface area contributed by atoms with Crippen LogP contribution in [-0.2, 0) is 9.59 Å². The fraction of sp³-hybridized carbons (Fsp3) is 0.600. The molecule has 0 aliphatic carbocycles. The van der Waals surface area contributed by atoms with E-state index in [0.29, 0.717) is 13.0 Å². The number of rotatable bonds is 9. The average molecular weight is 230 g/mol. The van der Waals surface area contributed by atoms with Crippen molar-refractivity contribution in [2.24, 2.45) is 0 Å². The van der Waals surface area contributed by atoms with E-state index in [1.54, 1.807) is 13.0 Å². The average Bonchev–Trinajstić information content (AvgIpc) is 2.21. The van der Waals surface area contributed by atoms with Crippen molar-refractivity contribution < 1.29 is 19.8 Å². The van der Waals surface area contributed by atoms with E-state index in [1.165, 1.54) is 5.01 Å². The Kier molecular flexibility index (Phi) is 7.15. The van der Waals surface area contributed by atoms with Crippen LogP contribution in [0, 0.1) is 0 Å². The number of nitrogens with one attached hydrogen (secondary N) is 1. The van der Waals surface area contributed by atoms with E-state index in [4.69, 9.17) is 10.2 Å². The number of carboxylic acid groups (broad SMARTS) is 2. The molecule has 0 aromatic carbocycles. The monoisotopic (exact) mass is 230 g/mol. The molecule has 0 saturated carbocycles. The van der Waals surface area contributed by atoms with Crippen molar-refractivity contribution in [3.8, 4) is 0 Å². The molecule has 0 heterocycles. The van der Waals surface area contributed by atoms with Crippen LogP contribution in [0.4, 0.5) is 0 Å². The van der Waals surface area contributed by atoms with E-state index in [1.807, 2.05) is 0 Å². The molecule has 3 N–H and O–H groups in total. The number of carboxylic acids is 2. The normalized spacial score (nSPS) is 12.4. The van der Waals surface area contributed by atoms with Gasteiger partial charge >= 0.3 is 11.9 Å². The summed E-state index contributed by atoms with van der Waals surface area (Å²) in [4.78, 5) is 21.4. The Hall–Kier alpha value is -1.40. The Morgan fingerprint density at radius 3 is 2.50 bits per heavy atom. The van der Waals surface area contributed by atoms with E-state index in [9.17, 15) is 9.59 Å². The molecule has 0 rings (SSSR count). The van der Waals surface area contributed by atoms with Gasteiger partial charge in [0.2, 0.25) is 0 Å². The van der Waals surface area contributed by atoms with Gasteiger partial charge in [-0.05, 0) is 6.42 Å². The van der Waals surface area contributed by atoms with Gasteiger partial charge in [-0.15, -0.1) is 6.58 Å². The van der Waals surface area contributed by atoms with E-state index in [-0.39, 0.29) is 13.0 Å². The number of hydrogen-bond acceptors (Lipinski definition) is 4. The van der Waals surface area contributed by atoms with Crippen LogP contribution in [0.3, 0.4) is 0 Å². The molecule has 0 aliphatic rings. The molecule has 0 aromatic heterocycles. The van der Waals surface area contributed by atoms with Crippen LogP contribution in [0.5, 0.6) is 0 Å². The number of aliphatic carboxylic acids is 2. The summed E-state index contributed by atoms with van der Waals surface area (Å²) in [6.07, 6.45) is 1.88. The van der Waals surface area contributed by atoms with Crippen molar-refractivity contribution in [1.82, 2.24) is 10.4 Å². The summed E-state index contributed by atoms with van der Waals surface area (Å²) in [5.41, 5.74) is 2.83. The van der Waals surface area contributed by atoms with Gasteiger partial charge in [-0.2, -0.15) is 0 Å². The first-order valence-electron chi connectivity index (χ1n) is 5.08. The number of hydrazine groups is 1. The third-order valence-electron chi connectivity index (χ3n) is 2.05. The SMILES string of the molecule is C=CCNN(CCC(=O)O)C(CC)C(=O)O. The lowest BCUT2D eigenvalue weighted by atomic mass is 10.2.